The number of hydrogen-bond acceptors (Lipinski definition) is 3. The highest BCUT2D eigenvalue weighted by molar-refractivity contribution is 7.89. The van der Waals surface area contributed by atoms with E-state index in [2.05, 4.69) is 4.72 Å². The number of ketones is 1. The molecule has 17 heavy (non-hydrogen) atoms. The Morgan fingerprint density at radius 3 is 2.47 bits per heavy atom. The van der Waals surface area contributed by atoms with Gasteiger partial charge in [-0.2, -0.15) is 0 Å². The summed E-state index contributed by atoms with van der Waals surface area (Å²) in [6.45, 7) is 2.76. The third-order valence-corrected chi connectivity index (χ3v) is 4.38. The van der Waals surface area contributed by atoms with Crippen molar-refractivity contribution in [3.8, 4) is 0 Å². The molecule has 94 valence electrons. The second kappa shape index (κ2) is 5.35. The third-order valence-electron chi connectivity index (χ3n) is 2.12. The normalized spacial score (nSPS) is 13.4. The molecule has 1 unspecified atom stereocenters. The fourth-order valence-corrected chi connectivity index (χ4v) is 3.09. The standard InChI is InChI=1S/C10H11Cl2NO3S/c1-6(7(2)14)13-17(15,16)10-5-8(11)3-4-9(10)12/h3-6,13H,1-2H3. The molecule has 1 aromatic rings. The third kappa shape index (κ3) is 3.67. The molecule has 4 nitrogen and oxygen atoms in total. The highest BCUT2D eigenvalue weighted by atomic mass is 35.5. The van der Waals surface area contributed by atoms with E-state index in [9.17, 15) is 13.2 Å². The summed E-state index contributed by atoms with van der Waals surface area (Å²) in [5.41, 5.74) is 0. The van der Waals surface area contributed by atoms with Gasteiger partial charge in [0.2, 0.25) is 10.0 Å². The summed E-state index contributed by atoms with van der Waals surface area (Å²) < 4.78 is 26.0. The maximum Gasteiger partial charge on any atom is 0.242 e. The molecule has 1 aromatic carbocycles. The first-order valence-electron chi connectivity index (χ1n) is 4.72. The number of carbonyl (C=O) groups is 1. The highest BCUT2D eigenvalue weighted by Gasteiger charge is 2.22. The van der Waals surface area contributed by atoms with E-state index in [4.69, 9.17) is 23.2 Å². The molecule has 1 rings (SSSR count). The summed E-state index contributed by atoms with van der Waals surface area (Å²) >= 11 is 11.5. The topological polar surface area (TPSA) is 63.2 Å². The van der Waals surface area contributed by atoms with Gasteiger partial charge in [-0.3, -0.25) is 4.79 Å². The second-order valence-corrected chi connectivity index (χ2v) is 6.05. The van der Waals surface area contributed by atoms with E-state index in [0.717, 1.165) is 0 Å². The van der Waals surface area contributed by atoms with Crippen LogP contribution in [0.5, 0.6) is 0 Å². The van der Waals surface area contributed by atoms with Gasteiger partial charge in [0, 0.05) is 5.02 Å². The minimum atomic E-state index is -3.84. The Bertz CT molecular complexity index is 542. The lowest BCUT2D eigenvalue weighted by atomic mass is 10.3. The molecule has 0 heterocycles. The van der Waals surface area contributed by atoms with Crippen LogP contribution in [0.4, 0.5) is 0 Å². The number of carbonyl (C=O) groups excluding carboxylic acids is 1. The van der Waals surface area contributed by atoms with Crippen molar-refractivity contribution in [2.45, 2.75) is 24.8 Å². The molecule has 0 aliphatic carbocycles. The minimum absolute atomic E-state index is 0.0534. The van der Waals surface area contributed by atoms with Crippen LogP contribution in [-0.2, 0) is 14.8 Å². The van der Waals surface area contributed by atoms with Crippen LogP contribution in [0.2, 0.25) is 10.0 Å². The first-order valence-corrected chi connectivity index (χ1v) is 6.96. The smallest absolute Gasteiger partial charge is 0.242 e. The average Bonchev–Trinajstić information content (AvgIpc) is 2.20. The van der Waals surface area contributed by atoms with Gasteiger partial charge in [0.05, 0.1) is 11.1 Å². The number of sulfonamides is 1. The Morgan fingerprint density at radius 1 is 1.35 bits per heavy atom. The van der Waals surface area contributed by atoms with Crippen LogP contribution in [0, 0.1) is 0 Å². The van der Waals surface area contributed by atoms with Gasteiger partial charge in [-0.15, -0.1) is 0 Å². The molecule has 0 aliphatic rings. The van der Waals surface area contributed by atoms with Crippen molar-refractivity contribution >= 4 is 39.0 Å². The van der Waals surface area contributed by atoms with Crippen molar-refractivity contribution in [1.29, 1.82) is 0 Å². The Labute approximate surface area is 110 Å². The van der Waals surface area contributed by atoms with Gasteiger partial charge in [-0.05, 0) is 32.0 Å². The number of rotatable bonds is 4. The summed E-state index contributed by atoms with van der Waals surface area (Å²) in [5.74, 6) is -0.285. The molecule has 0 fully saturated rings. The van der Waals surface area contributed by atoms with Crippen molar-refractivity contribution in [1.82, 2.24) is 4.72 Å². The van der Waals surface area contributed by atoms with Crippen LogP contribution in [0.15, 0.2) is 23.1 Å². The quantitative estimate of drug-likeness (QED) is 0.927. The van der Waals surface area contributed by atoms with Crippen LogP contribution < -0.4 is 4.72 Å². The maximum atomic E-state index is 11.9. The molecule has 0 bridgehead atoms. The Kier molecular flexibility index (Phi) is 4.55. The van der Waals surface area contributed by atoms with Crippen LogP contribution in [0.1, 0.15) is 13.8 Å². The molecule has 0 saturated heterocycles. The molecule has 0 aliphatic heterocycles. The summed E-state index contributed by atoms with van der Waals surface area (Å²) in [4.78, 5) is 10.9. The van der Waals surface area contributed by atoms with Gasteiger partial charge in [0.25, 0.3) is 0 Å². The molecule has 7 heteroatoms. The van der Waals surface area contributed by atoms with Crippen LogP contribution in [-0.4, -0.2) is 20.2 Å². The van der Waals surface area contributed by atoms with Crippen molar-refractivity contribution in [3.05, 3.63) is 28.2 Å². The molecule has 0 radical (unpaired) electrons. The van der Waals surface area contributed by atoms with E-state index in [1.54, 1.807) is 0 Å². The molecule has 1 atom stereocenters. The lowest BCUT2D eigenvalue weighted by molar-refractivity contribution is -0.118. The van der Waals surface area contributed by atoms with E-state index in [1.165, 1.54) is 32.0 Å². The predicted molar refractivity (Wildman–Crippen MR) is 66.9 cm³/mol. The van der Waals surface area contributed by atoms with Gasteiger partial charge in [0.15, 0.2) is 0 Å². The summed E-state index contributed by atoms with van der Waals surface area (Å²) in [6.07, 6.45) is 0. The zero-order valence-electron chi connectivity index (χ0n) is 9.20. The lowest BCUT2D eigenvalue weighted by Crippen LogP contribution is -2.37. The van der Waals surface area contributed by atoms with Crippen LogP contribution >= 0.6 is 23.2 Å². The number of hydrogen-bond donors (Lipinski definition) is 1. The Morgan fingerprint density at radius 2 is 1.94 bits per heavy atom. The van der Waals surface area contributed by atoms with Crippen LogP contribution in [0.3, 0.4) is 0 Å². The monoisotopic (exact) mass is 295 g/mol. The summed E-state index contributed by atoms with van der Waals surface area (Å²) in [6, 6.07) is 3.29. The minimum Gasteiger partial charge on any atom is -0.298 e. The van der Waals surface area contributed by atoms with Gasteiger partial charge in [-0.1, -0.05) is 23.2 Å². The summed E-state index contributed by atoms with van der Waals surface area (Å²) in [5, 5.41) is 0.308. The van der Waals surface area contributed by atoms with Crippen molar-refractivity contribution < 1.29 is 13.2 Å². The SMILES string of the molecule is CC(=O)C(C)NS(=O)(=O)c1cc(Cl)ccc1Cl. The van der Waals surface area contributed by atoms with Gasteiger partial charge >= 0.3 is 0 Å². The number of nitrogens with one attached hydrogen (secondary N) is 1. The highest BCUT2D eigenvalue weighted by Crippen LogP contribution is 2.24. The first kappa shape index (κ1) is 14.4. The van der Waals surface area contributed by atoms with Crippen molar-refractivity contribution in [2.24, 2.45) is 0 Å². The average molecular weight is 296 g/mol. The van der Waals surface area contributed by atoms with E-state index in [1.807, 2.05) is 0 Å². The fraction of sp³-hybridized carbons (Fsp3) is 0.300. The summed E-state index contributed by atoms with van der Waals surface area (Å²) in [7, 11) is -3.84. The zero-order chi connectivity index (χ0) is 13.2. The van der Waals surface area contributed by atoms with Gasteiger partial charge < -0.3 is 0 Å². The molecular weight excluding hydrogens is 285 g/mol. The Hall–Kier alpha value is -0.620. The van der Waals surface area contributed by atoms with E-state index < -0.39 is 16.1 Å². The first-order chi connectivity index (χ1) is 7.74. The molecule has 0 spiro atoms. The maximum absolute atomic E-state index is 11.9. The second-order valence-electron chi connectivity index (χ2n) is 3.53. The fourth-order valence-electron chi connectivity index (χ4n) is 1.06. The molecular formula is C10H11Cl2NO3S. The molecule has 1 N–H and O–H groups in total. The predicted octanol–water partition coefficient (Wildman–Crippen LogP) is 2.25. The van der Waals surface area contributed by atoms with E-state index in [-0.39, 0.29) is 20.7 Å². The van der Waals surface area contributed by atoms with Crippen LogP contribution in [0.25, 0.3) is 0 Å². The molecule has 0 saturated carbocycles. The largest absolute Gasteiger partial charge is 0.298 e. The zero-order valence-corrected chi connectivity index (χ0v) is 11.5. The van der Waals surface area contributed by atoms with Gasteiger partial charge in [0.1, 0.15) is 10.7 Å². The number of halogens is 2. The van der Waals surface area contributed by atoms with Crippen molar-refractivity contribution in [2.75, 3.05) is 0 Å². The van der Waals surface area contributed by atoms with E-state index in [0.29, 0.717) is 0 Å². The van der Waals surface area contributed by atoms with Gasteiger partial charge in [-0.25, -0.2) is 13.1 Å². The van der Waals surface area contributed by atoms with E-state index >= 15 is 0 Å². The molecule has 0 amide bonds. The lowest BCUT2D eigenvalue weighted by Gasteiger charge is -2.12. The number of Topliss-reactive ketones (excluding diaryl/α,β-unsaturated/α-hetero) is 1. The number of benzene rings is 1. The Balaban J connectivity index is 3.13. The van der Waals surface area contributed by atoms with Crippen molar-refractivity contribution in [3.63, 3.8) is 0 Å². The molecule has 0 aromatic heterocycles.